The van der Waals surface area contributed by atoms with Gasteiger partial charge in [0.1, 0.15) is 0 Å². The molecular weight excluding hydrogens is 405 g/mol. The quantitative estimate of drug-likeness (QED) is 0.525. The van der Waals surface area contributed by atoms with Crippen LogP contribution >= 0.6 is 43.2 Å². The number of thiophene rings is 1. The van der Waals surface area contributed by atoms with Crippen LogP contribution in [0, 0.1) is 0 Å². The maximum absolute atomic E-state index is 13.0. The lowest BCUT2D eigenvalue weighted by Gasteiger charge is -2.17. The van der Waals surface area contributed by atoms with Crippen LogP contribution in [0.2, 0.25) is 0 Å². The SMILES string of the molecule is FC(F)(F)c1cc(Br)ccc1C(Br)Cc1cccs1. The summed E-state index contributed by atoms with van der Waals surface area (Å²) in [6, 6.07) is 8.09. The largest absolute Gasteiger partial charge is 0.416 e. The third kappa shape index (κ3) is 3.83. The Bertz CT molecular complexity index is 550. The standard InChI is InChI=1S/C13H9Br2F3S/c14-8-3-4-10(11(6-8)13(16,17)18)12(15)7-9-2-1-5-19-9/h1-6,12H,7H2. The van der Waals surface area contributed by atoms with Crippen molar-refractivity contribution in [1.82, 2.24) is 0 Å². The molecule has 0 aliphatic rings. The first kappa shape index (κ1) is 15.1. The highest BCUT2D eigenvalue weighted by Crippen LogP contribution is 2.40. The van der Waals surface area contributed by atoms with Gasteiger partial charge in [-0.05, 0) is 35.6 Å². The van der Waals surface area contributed by atoms with Crippen molar-refractivity contribution >= 4 is 43.2 Å². The Morgan fingerprint density at radius 1 is 1.21 bits per heavy atom. The minimum Gasteiger partial charge on any atom is -0.166 e. The Labute approximate surface area is 129 Å². The Morgan fingerprint density at radius 3 is 2.53 bits per heavy atom. The van der Waals surface area contributed by atoms with E-state index in [2.05, 4.69) is 31.9 Å². The third-order valence-corrected chi connectivity index (χ3v) is 4.83. The summed E-state index contributed by atoms with van der Waals surface area (Å²) in [5.74, 6) is 0. The van der Waals surface area contributed by atoms with Crippen molar-refractivity contribution in [3.05, 3.63) is 56.2 Å². The summed E-state index contributed by atoms with van der Waals surface area (Å²) in [7, 11) is 0. The van der Waals surface area contributed by atoms with E-state index in [-0.39, 0.29) is 10.4 Å². The van der Waals surface area contributed by atoms with Crippen LogP contribution in [0.4, 0.5) is 13.2 Å². The second-order valence-electron chi connectivity index (χ2n) is 3.98. The van der Waals surface area contributed by atoms with Crippen molar-refractivity contribution in [3.63, 3.8) is 0 Å². The van der Waals surface area contributed by atoms with E-state index >= 15 is 0 Å². The van der Waals surface area contributed by atoms with Crippen LogP contribution in [0.25, 0.3) is 0 Å². The average molecular weight is 414 g/mol. The summed E-state index contributed by atoms with van der Waals surface area (Å²) < 4.78 is 39.5. The molecule has 0 fully saturated rings. The van der Waals surface area contributed by atoms with E-state index in [9.17, 15) is 13.2 Å². The average Bonchev–Trinajstić information content (AvgIpc) is 2.80. The Kier molecular flexibility index (Phi) is 4.74. The van der Waals surface area contributed by atoms with Gasteiger partial charge in [-0.1, -0.05) is 44.0 Å². The number of hydrogen-bond donors (Lipinski definition) is 0. The zero-order valence-corrected chi connectivity index (χ0v) is 13.5. The molecule has 0 aliphatic heterocycles. The Balaban J connectivity index is 2.33. The first-order chi connectivity index (χ1) is 8.88. The normalized spacial score (nSPS) is 13.5. The highest BCUT2D eigenvalue weighted by atomic mass is 79.9. The minimum atomic E-state index is -4.35. The molecule has 1 unspecified atom stereocenters. The fourth-order valence-corrected chi connectivity index (χ4v) is 3.84. The molecule has 6 heteroatoms. The molecule has 0 saturated carbocycles. The smallest absolute Gasteiger partial charge is 0.166 e. The first-order valence-electron chi connectivity index (χ1n) is 5.41. The van der Waals surface area contributed by atoms with Crippen molar-refractivity contribution < 1.29 is 13.2 Å². The van der Waals surface area contributed by atoms with Gasteiger partial charge in [0.25, 0.3) is 0 Å². The predicted molar refractivity (Wildman–Crippen MR) is 78.8 cm³/mol. The summed E-state index contributed by atoms with van der Waals surface area (Å²) in [6.45, 7) is 0. The second kappa shape index (κ2) is 5.97. The van der Waals surface area contributed by atoms with Crippen LogP contribution in [0.5, 0.6) is 0 Å². The van der Waals surface area contributed by atoms with Crippen molar-refractivity contribution in [1.29, 1.82) is 0 Å². The van der Waals surface area contributed by atoms with Crippen molar-refractivity contribution in [2.24, 2.45) is 0 Å². The lowest BCUT2D eigenvalue weighted by molar-refractivity contribution is -0.138. The van der Waals surface area contributed by atoms with Gasteiger partial charge in [0.05, 0.1) is 5.56 Å². The Morgan fingerprint density at radius 2 is 1.95 bits per heavy atom. The highest BCUT2D eigenvalue weighted by molar-refractivity contribution is 9.10. The molecule has 0 nitrogen and oxygen atoms in total. The molecule has 102 valence electrons. The topological polar surface area (TPSA) is 0 Å². The lowest BCUT2D eigenvalue weighted by atomic mass is 10.0. The summed E-state index contributed by atoms with van der Waals surface area (Å²) in [6.07, 6.45) is -3.80. The first-order valence-corrected chi connectivity index (χ1v) is 8.00. The zero-order chi connectivity index (χ0) is 14.0. The minimum absolute atomic E-state index is 0.268. The molecular formula is C13H9Br2F3S. The molecule has 0 spiro atoms. The highest BCUT2D eigenvalue weighted by Gasteiger charge is 2.35. The zero-order valence-electron chi connectivity index (χ0n) is 9.55. The lowest BCUT2D eigenvalue weighted by Crippen LogP contribution is -2.11. The molecule has 1 aromatic carbocycles. The second-order valence-corrected chi connectivity index (χ2v) is 7.03. The molecule has 0 aliphatic carbocycles. The van der Waals surface area contributed by atoms with Gasteiger partial charge >= 0.3 is 6.18 Å². The maximum Gasteiger partial charge on any atom is 0.416 e. The van der Waals surface area contributed by atoms with E-state index in [1.807, 2.05) is 17.5 Å². The van der Waals surface area contributed by atoms with E-state index < -0.39 is 11.7 Å². The van der Waals surface area contributed by atoms with E-state index in [0.717, 1.165) is 10.9 Å². The third-order valence-electron chi connectivity index (χ3n) is 2.62. The molecule has 2 rings (SSSR count). The fourth-order valence-electron chi connectivity index (χ4n) is 1.76. The van der Waals surface area contributed by atoms with Crippen molar-refractivity contribution in [3.8, 4) is 0 Å². The molecule has 19 heavy (non-hydrogen) atoms. The number of alkyl halides is 4. The van der Waals surface area contributed by atoms with Gasteiger partial charge in [0, 0.05) is 14.2 Å². The molecule has 1 aromatic heterocycles. The van der Waals surface area contributed by atoms with Crippen LogP contribution in [0.1, 0.15) is 20.8 Å². The van der Waals surface area contributed by atoms with Crippen molar-refractivity contribution in [2.75, 3.05) is 0 Å². The van der Waals surface area contributed by atoms with E-state index in [1.165, 1.54) is 6.07 Å². The molecule has 2 aromatic rings. The number of benzene rings is 1. The van der Waals surface area contributed by atoms with Crippen LogP contribution in [0.15, 0.2) is 40.2 Å². The summed E-state index contributed by atoms with van der Waals surface area (Å²) >= 11 is 7.99. The summed E-state index contributed by atoms with van der Waals surface area (Å²) in [5.41, 5.74) is -0.329. The van der Waals surface area contributed by atoms with Gasteiger partial charge in [-0.15, -0.1) is 11.3 Å². The molecule has 0 saturated heterocycles. The number of halogens is 5. The maximum atomic E-state index is 13.0. The number of hydrogen-bond acceptors (Lipinski definition) is 1. The van der Waals surface area contributed by atoms with Gasteiger partial charge in [0.2, 0.25) is 0 Å². The molecule has 1 heterocycles. The van der Waals surface area contributed by atoms with Gasteiger partial charge in [-0.25, -0.2) is 0 Å². The van der Waals surface area contributed by atoms with Gasteiger partial charge in [-0.2, -0.15) is 13.2 Å². The number of rotatable bonds is 3. The molecule has 1 atom stereocenters. The van der Waals surface area contributed by atoms with E-state index in [1.54, 1.807) is 17.4 Å². The molecule has 0 bridgehead atoms. The molecule has 0 radical (unpaired) electrons. The van der Waals surface area contributed by atoms with Gasteiger partial charge in [0.15, 0.2) is 0 Å². The summed E-state index contributed by atoms with van der Waals surface area (Å²) in [4.78, 5) is 0.703. The Hall–Kier alpha value is -0.330. The van der Waals surface area contributed by atoms with Crippen molar-refractivity contribution in [2.45, 2.75) is 17.4 Å². The van der Waals surface area contributed by atoms with E-state index in [4.69, 9.17) is 0 Å². The monoisotopic (exact) mass is 412 g/mol. The summed E-state index contributed by atoms with van der Waals surface area (Å²) in [5, 5.41) is 1.92. The molecule has 0 amide bonds. The van der Waals surface area contributed by atoms with Crippen LogP contribution in [-0.4, -0.2) is 0 Å². The van der Waals surface area contributed by atoms with Crippen LogP contribution < -0.4 is 0 Å². The predicted octanol–water partition coefficient (Wildman–Crippen LogP) is 6.21. The van der Waals surface area contributed by atoms with Gasteiger partial charge in [-0.3, -0.25) is 0 Å². The van der Waals surface area contributed by atoms with Crippen LogP contribution in [-0.2, 0) is 12.6 Å². The van der Waals surface area contributed by atoms with Gasteiger partial charge < -0.3 is 0 Å². The van der Waals surface area contributed by atoms with E-state index in [0.29, 0.717) is 10.9 Å². The van der Waals surface area contributed by atoms with Crippen LogP contribution in [0.3, 0.4) is 0 Å². The fraction of sp³-hybridized carbons (Fsp3) is 0.231. The molecule has 0 N–H and O–H groups in total.